The third kappa shape index (κ3) is 1.71. The van der Waals surface area contributed by atoms with E-state index in [1.165, 1.54) is 49.8 Å². The van der Waals surface area contributed by atoms with Crippen molar-refractivity contribution >= 4 is 23.1 Å². The van der Waals surface area contributed by atoms with Gasteiger partial charge in [-0.1, -0.05) is 40.2 Å². The summed E-state index contributed by atoms with van der Waals surface area (Å²) in [6.45, 7) is 4.79. The van der Waals surface area contributed by atoms with Gasteiger partial charge in [0.1, 0.15) is 0 Å². The first kappa shape index (κ1) is 13.1. The monoisotopic (exact) mass is 296 g/mol. The first-order valence-corrected chi connectivity index (χ1v) is 8.21. The van der Waals surface area contributed by atoms with Crippen molar-refractivity contribution in [3.05, 3.63) is 76.4 Å². The predicted octanol–water partition coefficient (Wildman–Crippen LogP) is 1.42. The van der Waals surface area contributed by atoms with Crippen molar-refractivity contribution < 1.29 is 0 Å². The summed E-state index contributed by atoms with van der Waals surface area (Å²) >= 11 is 0. The van der Waals surface area contributed by atoms with E-state index >= 15 is 0 Å². The standard InChI is InChI=1S/C20H17BN2/c1-12-4-3-5-14-6-16-10-23-11-17-7-15-9-22-8-13(2)19(15)21(18(12)14)20(16)17/h3-5,8-11H,6-7H2,1-2H3. The van der Waals surface area contributed by atoms with Gasteiger partial charge in [0.05, 0.1) is 0 Å². The third-order valence-electron chi connectivity index (χ3n) is 5.46. The molecule has 0 fully saturated rings. The molecule has 2 nitrogen and oxygen atoms in total. The van der Waals surface area contributed by atoms with Gasteiger partial charge >= 0.3 is 0 Å². The van der Waals surface area contributed by atoms with Crippen molar-refractivity contribution in [1.82, 2.24) is 9.97 Å². The maximum atomic E-state index is 4.51. The molecule has 2 aromatic heterocycles. The van der Waals surface area contributed by atoms with Crippen LogP contribution in [0.25, 0.3) is 0 Å². The van der Waals surface area contributed by atoms with Gasteiger partial charge in [0.15, 0.2) is 0 Å². The molecule has 0 unspecified atom stereocenters. The molecule has 0 saturated carbocycles. The summed E-state index contributed by atoms with van der Waals surface area (Å²) in [5.74, 6) is 0. The minimum absolute atomic E-state index is 0.347. The van der Waals surface area contributed by atoms with E-state index in [-0.39, 0.29) is 0 Å². The van der Waals surface area contributed by atoms with Crippen LogP contribution in [0.1, 0.15) is 33.4 Å². The number of rotatable bonds is 0. The second-order valence-electron chi connectivity index (χ2n) is 6.83. The summed E-state index contributed by atoms with van der Waals surface area (Å²) in [6.07, 6.45) is 10.1. The maximum absolute atomic E-state index is 4.51. The number of nitrogens with zero attached hydrogens (tertiary/aromatic N) is 2. The topological polar surface area (TPSA) is 25.8 Å². The first-order chi connectivity index (χ1) is 11.2. The Hall–Kier alpha value is -2.42. The minimum atomic E-state index is 0.347. The Morgan fingerprint density at radius 1 is 0.696 bits per heavy atom. The highest BCUT2D eigenvalue weighted by atomic mass is 14.6. The van der Waals surface area contributed by atoms with Crippen LogP contribution >= 0.6 is 0 Å². The zero-order valence-electron chi connectivity index (χ0n) is 13.4. The molecule has 0 radical (unpaired) electrons. The van der Waals surface area contributed by atoms with E-state index in [0.717, 1.165) is 12.8 Å². The highest BCUT2D eigenvalue weighted by molar-refractivity contribution is 6.97. The van der Waals surface area contributed by atoms with Gasteiger partial charge < -0.3 is 0 Å². The van der Waals surface area contributed by atoms with Crippen molar-refractivity contribution in [3.63, 3.8) is 0 Å². The first-order valence-electron chi connectivity index (χ1n) is 8.21. The number of aryl methyl sites for hydroxylation is 2. The highest BCUT2D eigenvalue weighted by Crippen LogP contribution is 2.22. The number of fused-ring (bicyclic) bond motifs is 4. The molecule has 0 spiro atoms. The Kier molecular flexibility index (Phi) is 2.58. The van der Waals surface area contributed by atoms with Crippen LogP contribution in [0.4, 0.5) is 0 Å². The summed E-state index contributed by atoms with van der Waals surface area (Å²) in [7, 11) is 0. The van der Waals surface area contributed by atoms with Crippen molar-refractivity contribution in [1.29, 1.82) is 0 Å². The summed E-state index contributed by atoms with van der Waals surface area (Å²) in [4.78, 5) is 8.95. The molecule has 2 aliphatic heterocycles. The number of aromatic nitrogens is 2. The van der Waals surface area contributed by atoms with Crippen molar-refractivity contribution in [3.8, 4) is 0 Å². The lowest BCUT2D eigenvalue weighted by atomic mass is 9.30. The Morgan fingerprint density at radius 2 is 1.30 bits per heavy atom. The van der Waals surface area contributed by atoms with E-state index in [0.29, 0.717) is 6.71 Å². The molecule has 0 amide bonds. The zero-order valence-corrected chi connectivity index (χ0v) is 13.4. The average molecular weight is 296 g/mol. The van der Waals surface area contributed by atoms with E-state index in [2.05, 4.69) is 54.4 Å². The molecular formula is C20H17BN2. The van der Waals surface area contributed by atoms with Crippen LogP contribution in [0.15, 0.2) is 43.0 Å². The van der Waals surface area contributed by atoms with Crippen LogP contribution in [0.3, 0.4) is 0 Å². The van der Waals surface area contributed by atoms with E-state index in [1.807, 2.05) is 12.4 Å². The molecule has 0 N–H and O–H groups in total. The van der Waals surface area contributed by atoms with Crippen molar-refractivity contribution in [2.45, 2.75) is 26.7 Å². The molecule has 0 atom stereocenters. The lowest BCUT2D eigenvalue weighted by molar-refractivity contribution is 1.07. The van der Waals surface area contributed by atoms with Crippen LogP contribution in [0.2, 0.25) is 0 Å². The second kappa shape index (κ2) is 4.54. The summed E-state index contributed by atoms with van der Waals surface area (Å²) < 4.78 is 0. The van der Waals surface area contributed by atoms with Crippen molar-refractivity contribution in [2.75, 3.05) is 0 Å². The largest absolute Gasteiger partial charge is 0.264 e. The smallest absolute Gasteiger partial charge is 0.243 e. The fraction of sp³-hybridized carbons (Fsp3) is 0.200. The van der Waals surface area contributed by atoms with Crippen LogP contribution in [0.5, 0.6) is 0 Å². The van der Waals surface area contributed by atoms with Crippen LogP contribution in [-0.4, -0.2) is 16.7 Å². The van der Waals surface area contributed by atoms with E-state index < -0.39 is 0 Å². The van der Waals surface area contributed by atoms with E-state index in [9.17, 15) is 0 Å². The second-order valence-corrected chi connectivity index (χ2v) is 6.83. The van der Waals surface area contributed by atoms with Crippen LogP contribution < -0.4 is 16.4 Å². The molecule has 3 aromatic rings. The van der Waals surface area contributed by atoms with Gasteiger partial charge in [-0.25, -0.2) is 0 Å². The quantitative estimate of drug-likeness (QED) is 0.404. The van der Waals surface area contributed by atoms with Crippen molar-refractivity contribution in [2.24, 2.45) is 0 Å². The minimum Gasteiger partial charge on any atom is -0.264 e. The normalized spacial score (nSPS) is 14.1. The Labute approximate surface area is 136 Å². The maximum Gasteiger partial charge on any atom is 0.243 e. The van der Waals surface area contributed by atoms with E-state index in [1.54, 1.807) is 0 Å². The molecule has 0 bridgehead atoms. The lowest BCUT2D eigenvalue weighted by Crippen LogP contribution is -2.62. The molecule has 0 aliphatic carbocycles. The fourth-order valence-corrected chi connectivity index (χ4v) is 4.55. The third-order valence-corrected chi connectivity index (χ3v) is 5.46. The van der Waals surface area contributed by atoms with Crippen LogP contribution in [-0.2, 0) is 12.8 Å². The van der Waals surface area contributed by atoms with Gasteiger partial charge in [-0.3, -0.25) is 9.97 Å². The molecule has 2 aliphatic rings. The van der Waals surface area contributed by atoms with Crippen LogP contribution in [0, 0.1) is 13.8 Å². The van der Waals surface area contributed by atoms with Gasteiger partial charge in [0.25, 0.3) is 0 Å². The Bertz CT molecular complexity index is 855. The molecule has 1 aromatic carbocycles. The van der Waals surface area contributed by atoms with Gasteiger partial charge in [-0.15, -0.1) is 0 Å². The SMILES string of the molecule is Cc1cccc2c1B1c3c(C)cncc3Cc3cncc(c31)C2. The number of hydrogen-bond acceptors (Lipinski definition) is 2. The highest BCUT2D eigenvalue weighted by Gasteiger charge is 2.38. The number of pyridine rings is 2. The Balaban J connectivity index is 1.91. The van der Waals surface area contributed by atoms with Gasteiger partial charge in [-0.2, -0.15) is 0 Å². The summed E-state index contributed by atoms with van der Waals surface area (Å²) in [6, 6.07) is 6.71. The van der Waals surface area contributed by atoms with E-state index in [4.69, 9.17) is 0 Å². The lowest BCUT2D eigenvalue weighted by Gasteiger charge is -2.35. The molecular weight excluding hydrogens is 279 g/mol. The zero-order chi connectivity index (χ0) is 15.6. The van der Waals surface area contributed by atoms with Gasteiger partial charge in [-0.05, 0) is 54.5 Å². The van der Waals surface area contributed by atoms with Gasteiger partial charge in [0, 0.05) is 24.8 Å². The molecule has 5 rings (SSSR count). The predicted molar refractivity (Wildman–Crippen MR) is 94.7 cm³/mol. The molecule has 110 valence electrons. The summed E-state index contributed by atoms with van der Waals surface area (Å²) in [5.41, 5.74) is 12.8. The fourth-order valence-electron chi connectivity index (χ4n) is 4.55. The number of hydrogen-bond donors (Lipinski definition) is 0. The Morgan fingerprint density at radius 3 is 2.09 bits per heavy atom. The van der Waals surface area contributed by atoms with Gasteiger partial charge in [0.2, 0.25) is 6.71 Å². The molecule has 23 heavy (non-hydrogen) atoms. The number of benzene rings is 1. The average Bonchev–Trinajstić information content (AvgIpc) is 2.55. The summed E-state index contributed by atoms with van der Waals surface area (Å²) in [5, 5.41) is 0. The molecule has 3 heteroatoms. The molecule has 0 saturated heterocycles. The molecule has 4 heterocycles.